The topological polar surface area (TPSA) is 23.6 Å². The molecule has 1 saturated heterocycles. The van der Waals surface area contributed by atoms with Crippen LogP contribution in [0.2, 0.25) is 0 Å². The molecule has 0 bridgehead atoms. The Morgan fingerprint density at radius 3 is 2.00 bits per heavy atom. The highest BCUT2D eigenvalue weighted by molar-refractivity contribution is 5.79. The third-order valence-electron chi connectivity index (χ3n) is 3.95. The van der Waals surface area contributed by atoms with Gasteiger partial charge >= 0.3 is 0 Å². The average Bonchev–Trinajstić information content (AvgIpc) is 2.57. The number of benzene rings is 2. The fraction of sp³-hybridized carbons (Fsp3) is 0.278. The molecule has 2 aromatic carbocycles. The summed E-state index contributed by atoms with van der Waals surface area (Å²) in [5, 5.41) is 0. The van der Waals surface area contributed by atoms with Crippen molar-refractivity contribution >= 4 is 11.6 Å². The maximum atomic E-state index is 12.3. The van der Waals surface area contributed by atoms with Crippen LogP contribution < -0.4 is 4.90 Å². The van der Waals surface area contributed by atoms with Crippen LogP contribution in [0.15, 0.2) is 60.7 Å². The predicted octanol–water partition coefficient (Wildman–Crippen LogP) is 2.58. The number of carbonyl (C=O) groups excluding carboxylic acids is 1. The molecule has 0 atom stereocenters. The molecular formula is C18H20N2O. The molecule has 3 nitrogen and oxygen atoms in total. The zero-order valence-electron chi connectivity index (χ0n) is 12.1. The molecule has 2 aromatic rings. The molecule has 108 valence electrons. The van der Waals surface area contributed by atoms with E-state index in [1.165, 1.54) is 5.69 Å². The summed E-state index contributed by atoms with van der Waals surface area (Å²) in [4.78, 5) is 16.6. The van der Waals surface area contributed by atoms with Crippen LogP contribution in [0, 0.1) is 0 Å². The lowest BCUT2D eigenvalue weighted by atomic mass is 10.1. The van der Waals surface area contributed by atoms with Crippen molar-refractivity contribution in [1.29, 1.82) is 0 Å². The van der Waals surface area contributed by atoms with Gasteiger partial charge in [-0.05, 0) is 17.7 Å². The molecule has 0 unspecified atom stereocenters. The van der Waals surface area contributed by atoms with Crippen molar-refractivity contribution in [3.8, 4) is 0 Å². The summed E-state index contributed by atoms with van der Waals surface area (Å²) < 4.78 is 0. The first kappa shape index (κ1) is 13.7. The summed E-state index contributed by atoms with van der Waals surface area (Å²) in [5.41, 5.74) is 2.33. The molecule has 1 fully saturated rings. The van der Waals surface area contributed by atoms with Gasteiger partial charge in [-0.2, -0.15) is 0 Å². The molecule has 1 amide bonds. The number of amides is 1. The Morgan fingerprint density at radius 2 is 1.38 bits per heavy atom. The van der Waals surface area contributed by atoms with Gasteiger partial charge in [0.1, 0.15) is 0 Å². The largest absolute Gasteiger partial charge is 0.368 e. The van der Waals surface area contributed by atoms with Crippen LogP contribution in [0.4, 0.5) is 5.69 Å². The van der Waals surface area contributed by atoms with Crippen molar-refractivity contribution in [2.75, 3.05) is 31.1 Å². The predicted molar refractivity (Wildman–Crippen MR) is 85.4 cm³/mol. The number of carbonyl (C=O) groups is 1. The van der Waals surface area contributed by atoms with Crippen LogP contribution in [-0.4, -0.2) is 37.0 Å². The van der Waals surface area contributed by atoms with Gasteiger partial charge in [0.25, 0.3) is 0 Å². The molecule has 0 radical (unpaired) electrons. The molecule has 0 aromatic heterocycles. The molecule has 1 heterocycles. The van der Waals surface area contributed by atoms with E-state index >= 15 is 0 Å². The van der Waals surface area contributed by atoms with E-state index < -0.39 is 0 Å². The van der Waals surface area contributed by atoms with E-state index in [1.807, 2.05) is 41.3 Å². The van der Waals surface area contributed by atoms with Gasteiger partial charge in [-0.15, -0.1) is 0 Å². The molecule has 3 rings (SSSR count). The normalized spacial score (nSPS) is 15.0. The lowest BCUT2D eigenvalue weighted by Crippen LogP contribution is -2.49. The number of hydrogen-bond donors (Lipinski definition) is 0. The van der Waals surface area contributed by atoms with E-state index in [-0.39, 0.29) is 5.91 Å². The average molecular weight is 280 g/mol. The summed E-state index contributed by atoms with van der Waals surface area (Å²) in [5.74, 6) is 0.230. The van der Waals surface area contributed by atoms with Crippen molar-refractivity contribution in [1.82, 2.24) is 4.90 Å². The molecule has 1 aliphatic rings. The van der Waals surface area contributed by atoms with Crippen molar-refractivity contribution in [3.63, 3.8) is 0 Å². The maximum absolute atomic E-state index is 12.3. The number of para-hydroxylation sites is 1. The highest BCUT2D eigenvalue weighted by Crippen LogP contribution is 2.16. The smallest absolute Gasteiger partial charge is 0.227 e. The lowest BCUT2D eigenvalue weighted by molar-refractivity contribution is -0.130. The first-order valence-corrected chi connectivity index (χ1v) is 7.44. The van der Waals surface area contributed by atoms with Crippen LogP contribution in [0.25, 0.3) is 0 Å². The second-order valence-corrected chi connectivity index (χ2v) is 5.37. The Hall–Kier alpha value is -2.29. The number of anilines is 1. The molecule has 21 heavy (non-hydrogen) atoms. The Kier molecular flexibility index (Phi) is 4.20. The fourth-order valence-corrected chi connectivity index (χ4v) is 2.74. The Bertz CT molecular complexity index is 575. The Balaban J connectivity index is 1.55. The molecule has 0 aliphatic carbocycles. The SMILES string of the molecule is O=C(Cc1ccccc1)N1CCN(c2ccccc2)CC1. The minimum atomic E-state index is 0.230. The standard InChI is InChI=1S/C18H20N2O/c21-18(15-16-7-3-1-4-8-16)20-13-11-19(12-14-20)17-9-5-2-6-10-17/h1-10H,11-15H2. The van der Waals surface area contributed by atoms with Crippen LogP contribution in [0.1, 0.15) is 5.56 Å². The lowest BCUT2D eigenvalue weighted by Gasteiger charge is -2.36. The van der Waals surface area contributed by atoms with Gasteiger partial charge in [0.05, 0.1) is 6.42 Å². The molecule has 1 aliphatic heterocycles. The van der Waals surface area contributed by atoms with E-state index in [4.69, 9.17) is 0 Å². The van der Waals surface area contributed by atoms with Crippen LogP contribution in [0.3, 0.4) is 0 Å². The number of rotatable bonds is 3. The minimum Gasteiger partial charge on any atom is -0.368 e. The monoisotopic (exact) mass is 280 g/mol. The van der Waals surface area contributed by atoms with E-state index in [0.717, 1.165) is 31.7 Å². The van der Waals surface area contributed by atoms with Crippen molar-refractivity contribution in [2.45, 2.75) is 6.42 Å². The van der Waals surface area contributed by atoms with Crippen molar-refractivity contribution in [2.24, 2.45) is 0 Å². The van der Waals surface area contributed by atoms with E-state index in [9.17, 15) is 4.79 Å². The first-order chi connectivity index (χ1) is 10.3. The zero-order chi connectivity index (χ0) is 14.5. The molecule has 0 spiro atoms. The van der Waals surface area contributed by atoms with Gasteiger partial charge in [0.2, 0.25) is 5.91 Å². The van der Waals surface area contributed by atoms with Crippen LogP contribution >= 0.6 is 0 Å². The zero-order valence-corrected chi connectivity index (χ0v) is 12.1. The third kappa shape index (κ3) is 3.43. The van der Waals surface area contributed by atoms with Gasteiger partial charge in [0.15, 0.2) is 0 Å². The third-order valence-corrected chi connectivity index (χ3v) is 3.95. The summed E-state index contributed by atoms with van der Waals surface area (Å²) in [6.45, 7) is 3.43. The summed E-state index contributed by atoms with van der Waals surface area (Å²) in [6, 6.07) is 20.4. The molecule has 0 saturated carbocycles. The van der Waals surface area contributed by atoms with Gasteiger partial charge in [-0.1, -0.05) is 48.5 Å². The van der Waals surface area contributed by atoms with Crippen molar-refractivity contribution in [3.05, 3.63) is 66.2 Å². The van der Waals surface area contributed by atoms with Gasteiger partial charge < -0.3 is 9.80 Å². The number of nitrogens with zero attached hydrogens (tertiary/aromatic N) is 2. The molecule has 0 N–H and O–H groups in total. The molecule has 3 heteroatoms. The first-order valence-electron chi connectivity index (χ1n) is 7.44. The number of piperazine rings is 1. The Labute approximate surface area is 125 Å². The van der Waals surface area contributed by atoms with Gasteiger partial charge in [-0.3, -0.25) is 4.79 Å². The number of hydrogen-bond acceptors (Lipinski definition) is 2. The van der Waals surface area contributed by atoms with E-state index in [0.29, 0.717) is 6.42 Å². The minimum absolute atomic E-state index is 0.230. The van der Waals surface area contributed by atoms with Gasteiger partial charge in [-0.25, -0.2) is 0 Å². The molecular weight excluding hydrogens is 260 g/mol. The highest BCUT2D eigenvalue weighted by Gasteiger charge is 2.21. The maximum Gasteiger partial charge on any atom is 0.227 e. The van der Waals surface area contributed by atoms with E-state index in [1.54, 1.807) is 0 Å². The van der Waals surface area contributed by atoms with E-state index in [2.05, 4.69) is 29.2 Å². The second kappa shape index (κ2) is 6.44. The van der Waals surface area contributed by atoms with Crippen LogP contribution in [0.5, 0.6) is 0 Å². The fourth-order valence-electron chi connectivity index (χ4n) is 2.74. The summed E-state index contributed by atoms with van der Waals surface area (Å²) in [6.07, 6.45) is 0.506. The second-order valence-electron chi connectivity index (χ2n) is 5.37. The summed E-state index contributed by atoms with van der Waals surface area (Å²) >= 11 is 0. The van der Waals surface area contributed by atoms with Crippen molar-refractivity contribution < 1.29 is 4.79 Å². The van der Waals surface area contributed by atoms with Gasteiger partial charge in [0, 0.05) is 31.9 Å². The van der Waals surface area contributed by atoms with Crippen LogP contribution in [-0.2, 0) is 11.2 Å². The quantitative estimate of drug-likeness (QED) is 0.863. The highest BCUT2D eigenvalue weighted by atomic mass is 16.2. The Morgan fingerprint density at radius 1 is 0.810 bits per heavy atom. The summed E-state index contributed by atoms with van der Waals surface area (Å²) in [7, 11) is 0.